The number of halogens is 4. The minimum Gasteiger partial charge on any atom is -0.469 e. The molecule has 0 aliphatic heterocycles. The normalized spacial score (nSPS) is 11.1. The second-order valence-electron chi connectivity index (χ2n) is 3.31. The lowest BCUT2D eigenvalue weighted by Crippen LogP contribution is -2.20. The van der Waals surface area contributed by atoms with Crippen molar-refractivity contribution in [3.63, 3.8) is 0 Å². The fraction of sp³-hybridized carbons (Fsp3) is 0.333. The minimum absolute atomic E-state index is 0.0299. The lowest BCUT2D eigenvalue weighted by molar-refractivity contribution is -0.393. The molecular formula is C9H6F3IN2O5. The molecule has 0 aromatic carbocycles. The summed E-state index contributed by atoms with van der Waals surface area (Å²) < 4.78 is 44.5. The molecule has 0 saturated heterocycles. The zero-order chi connectivity index (χ0) is 15.5. The largest absolute Gasteiger partial charge is 0.573 e. The fourth-order valence-corrected chi connectivity index (χ4v) is 1.87. The number of hydrogen-bond acceptors (Lipinski definition) is 6. The van der Waals surface area contributed by atoms with Gasteiger partial charge in [-0.2, -0.15) is 0 Å². The van der Waals surface area contributed by atoms with E-state index in [-0.39, 0.29) is 15.6 Å². The highest BCUT2D eigenvalue weighted by atomic mass is 127. The number of esters is 1. The molecule has 1 aromatic heterocycles. The summed E-state index contributed by atoms with van der Waals surface area (Å²) in [6.07, 6.45) is -4.57. The molecule has 0 aliphatic rings. The van der Waals surface area contributed by atoms with E-state index in [4.69, 9.17) is 0 Å². The van der Waals surface area contributed by atoms with Crippen molar-refractivity contribution in [1.29, 1.82) is 0 Å². The molecule has 0 bridgehead atoms. The highest BCUT2D eigenvalue weighted by Crippen LogP contribution is 2.36. The Hall–Kier alpha value is -1.66. The van der Waals surface area contributed by atoms with Gasteiger partial charge in [0.2, 0.25) is 5.75 Å². The van der Waals surface area contributed by atoms with Crippen molar-refractivity contribution < 1.29 is 32.4 Å². The number of aromatic nitrogens is 1. The Morgan fingerprint density at radius 1 is 1.55 bits per heavy atom. The number of hydrogen-bond donors (Lipinski definition) is 0. The van der Waals surface area contributed by atoms with Crippen LogP contribution in [-0.2, 0) is 16.0 Å². The van der Waals surface area contributed by atoms with Crippen molar-refractivity contribution in [1.82, 2.24) is 4.98 Å². The maximum atomic E-state index is 12.3. The molecule has 11 heteroatoms. The number of nitro groups is 1. The summed E-state index contributed by atoms with van der Waals surface area (Å²) in [5.41, 5.74) is 0.0299. The van der Waals surface area contributed by atoms with E-state index in [0.29, 0.717) is 0 Å². The number of ether oxygens (including phenoxy) is 2. The number of methoxy groups -OCH3 is 1. The topological polar surface area (TPSA) is 91.6 Å². The molecular weight excluding hydrogens is 400 g/mol. The van der Waals surface area contributed by atoms with E-state index < -0.39 is 28.8 Å². The van der Waals surface area contributed by atoms with Crippen molar-refractivity contribution in [2.45, 2.75) is 12.8 Å². The van der Waals surface area contributed by atoms with E-state index >= 15 is 0 Å². The molecule has 7 nitrogen and oxygen atoms in total. The number of nitrogens with zero attached hydrogens (tertiary/aromatic N) is 2. The molecule has 0 saturated carbocycles. The molecule has 0 atom stereocenters. The van der Waals surface area contributed by atoms with Crippen LogP contribution in [0.2, 0.25) is 0 Å². The van der Waals surface area contributed by atoms with Gasteiger partial charge < -0.3 is 19.6 Å². The molecule has 110 valence electrons. The molecule has 1 aromatic rings. The zero-order valence-corrected chi connectivity index (χ0v) is 11.9. The van der Waals surface area contributed by atoms with Crippen LogP contribution in [0.4, 0.5) is 19.0 Å². The molecule has 0 fully saturated rings. The third-order valence-electron chi connectivity index (χ3n) is 1.98. The first-order valence-corrected chi connectivity index (χ1v) is 5.88. The summed E-state index contributed by atoms with van der Waals surface area (Å²) in [5.74, 6) is -2.86. The van der Waals surface area contributed by atoms with Crippen LogP contribution in [0, 0.1) is 13.7 Å². The first-order chi connectivity index (χ1) is 9.15. The van der Waals surface area contributed by atoms with Crippen LogP contribution >= 0.6 is 22.6 Å². The van der Waals surface area contributed by atoms with E-state index in [2.05, 4.69) is 14.5 Å². The van der Waals surface area contributed by atoms with Gasteiger partial charge in [-0.25, -0.2) is 0 Å². The number of alkyl halides is 3. The third kappa shape index (κ3) is 4.18. The molecule has 0 radical (unpaired) electrons. The number of carbonyl (C=O) groups excluding carboxylic acids is 1. The predicted octanol–water partition coefficient (Wildman–Crippen LogP) is 2.21. The molecule has 0 N–H and O–H groups in total. The average Bonchev–Trinajstić information content (AvgIpc) is 2.32. The Kier molecular flexibility index (Phi) is 5.08. The van der Waals surface area contributed by atoms with E-state index in [9.17, 15) is 28.1 Å². The zero-order valence-electron chi connectivity index (χ0n) is 9.73. The van der Waals surface area contributed by atoms with Gasteiger partial charge in [-0.3, -0.25) is 4.79 Å². The summed E-state index contributed by atoms with van der Waals surface area (Å²) in [4.78, 5) is 23.9. The minimum atomic E-state index is -5.11. The first kappa shape index (κ1) is 16.4. The summed E-state index contributed by atoms with van der Waals surface area (Å²) in [5, 5.41) is 10.7. The van der Waals surface area contributed by atoms with E-state index in [1.54, 1.807) is 0 Å². The van der Waals surface area contributed by atoms with Crippen molar-refractivity contribution in [2.75, 3.05) is 7.11 Å². The quantitative estimate of drug-likeness (QED) is 0.330. The van der Waals surface area contributed by atoms with E-state index in [1.807, 2.05) is 0 Å². The third-order valence-corrected chi connectivity index (χ3v) is 3.16. The predicted molar refractivity (Wildman–Crippen MR) is 66.0 cm³/mol. The van der Waals surface area contributed by atoms with Crippen molar-refractivity contribution >= 4 is 34.4 Å². The highest BCUT2D eigenvalue weighted by molar-refractivity contribution is 14.1. The fourth-order valence-electron chi connectivity index (χ4n) is 1.19. The van der Waals surface area contributed by atoms with E-state index in [0.717, 1.165) is 13.3 Å². The molecule has 0 amide bonds. The van der Waals surface area contributed by atoms with Crippen LogP contribution < -0.4 is 4.74 Å². The van der Waals surface area contributed by atoms with Crippen LogP contribution in [0.15, 0.2) is 6.20 Å². The Morgan fingerprint density at radius 3 is 2.60 bits per heavy atom. The van der Waals surface area contributed by atoms with Crippen LogP contribution in [0.3, 0.4) is 0 Å². The van der Waals surface area contributed by atoms with Crippen LogP contribution in [0.25, 0.3) is 0 Å². The summed E-state index contributed by atoms with van der Waals surface area (Å²) >= 11 is 1.41. The molecule has 1 rings (SSSR count). The molecule has 1 heterocycles. The van der Waals surface area contributed by atoms with Gasteiger partial charge in [0, 0.05) is 5.56 Å². The smallest absolute Gasteiger partial charge is 0.469 e. The van der Waals surface area contributed by atoms with Gasteiger partial charge in [0.1, 0.15) is 6.20 Å². The van der Waals surface area contributed by atoms with Crippen molar-refractivity contribution in [3.8, 4) is 5.75 Å². The Morgan fingerprint density at radius 2 is 2.15 bits per heavy atom. The second-order valence-corrected chi connectivity index (χ2v) is 4.39. The molecule has 0 aliphatic carbocycles. The van der Waals surface area contributed by atoms with Crippen LogP contribution in [0.1, 0.15) is 5.56 Å². The van der Waals surface area contributed by atoms with Gasteiger partial charge in [0.15, 0.2) is 0 Å². The Balaban J connectivity index is 3.30. The van der Waals surface area contributed by atoms with Gasteiger partial charge in [-0.05, 0) is 32.5 Å². The average molecular weight is 406 g/mol. The van der Waals surface area contributed by atoms with E-state index in [1.165, 1.54) is 22.6 Å². The Bertz CT molecular complexity index is 549. The SMILES string of the molecule is COC(=O)Cc1cnc([N+](=O)[O-])c(OC(F)(F)F)c1I. The van der Waals surface area contributed by atoms with Crippen molar-refractivity contribution in [2.24, 2.45) is 0 Å². The van der Waals surface area contributed by atoms with Gasteiger partial charge in [-0.1, -0.05) is 0 Å². The summed E-state index contributed by atoms with van der Waals surface area (Å²) in [6.45, 7) is 0. The van der Waals surface area contributed by atoms with Crippen LogP contribution in [0.5, 0.6) is 5.75 Å². The standard InChI is InChI=1S/C9H6F3IN2O5/c1-19-5(16)2-4-3-14-8(15(17)18)7(6(4)13)20-9(10,11)12/h3H,2H2,1H3. The second kappa shape index (κ2) is 6.19. The monoisotopic (exact) mass is 406 g/mol. The number of carbonyl (C=O) groups is 1. The number of pyridine rings is 1. The molecule has 0 unspecified atom stereocenters. The summed E-state index contributed by atoms with van der Waals surface area (Å²) in [6, 6.07) is 0. The Labute approximate surface area is 123 Å². The van der Waals surface area contributed by atoms with Gasteiger partial charge >= 0.3 is 18.1 Å². The lowest BCUT2D eigenvalue weighted by Gasteiger charge is -2.11. The lowest BCUT2D eigenvalue weighted by atomic mass is 10.2. The maximum absolute atomic E-state index is 12.3. The molecule has 0 spiro atoms. The highest BCUT2D eigenvalue weighted by Gasteiger charge is 2.37. The maximum Gasteiger partial charge on any atom is 0.573 e. The number of rotatable bonds is 4. The van der Waals surface area contributed by atoms with Gasteiger partial charge in [-0.15, -0.1) is 13.2 Å². The van der Waals surface area contributed by atoms with Crippen molar-refractivity contribution in [3.05, 3.63) is 25.4 Å². The van der Waals surface area contributed by atoms with Gasteiger partial charge in [0.05, 0.1) is 17.1 Å². The first-order valence-electron chi connectivity index (χ1n) is 4.80. The summed E-state index contributed by atoms with van der Waals surface area (Å²) in [7, 11) is 1.10. The van der Waals surface area contributed by atoms with Crippen LogP contribution in [-0.4, -0.2) is 29.3 Å². The van der Waals surface area contributed by atoms with Gasteiger partial charge in [0.25, 0.3) is 0 Å². The molecule has 20 heavy (non-hydrogen) atoms.